The largest absolute Gasteiger partial charge is 0.586 e. The van der Waals surface area contributed by atoms with Crippen LogP contribution in [0.1, 0.15) is 63.8 Å². The number of halogens is 2. The molecule has 0 spiro atoms. The SMILES string of the molecule is CC(C)(C)OC(=O)N(CC1(c2noc(-c3ccc4c(c3)OC(F)(F)O4)n2)CCC1)[C@H]1CC1c1ccccc1. The number of nitrogens with zero attached hydrogens (tertiary/aromatic N) is 3. The lowest BCUT2D eigenvalue weighted by Crippen LogP contribution is -2.50. The Balaban J connectivity index is 1.26. The van der Waals surface area contributed by atoms with Crippen molar-refractivity contribution in [2.24, 2.45) is 0 Å². The van der Waals surface area contributed by atoms with E-state index in [0.717, 1.165) is 25.7 Å². The highest BCUT2D eigenvalue weighted by atomic mass is 19.3. The van der Waals surface area contributed by atoms with Gasteiger partial charge in [0.05, 0.1) is 5.41 Å². The van der Waals surface area contributed by atoms with Crippen molar-refractivity contribution in [1.29, 1.82) is 0 Å². The summed E-state index contributed by atoms with van der Waals surface area (Å²) < 4.78 is 47.3. The Morgan fingerprint density at radius 1 is 1.11 bits per heavy atom. The summed E-state index contributed by atoms with van der Waals surface area (Å²) in [7, 11) is 0. The molecular weight excluding hydrogens is 496 g/mol. The second-order valence-electron chi connectivity index (χ2n) is 11.3. The van der Waals surface area contributed by atoms with Gasteiger partial charge in [-0.15, -0.1) is 8.78 Å². The molecule has 0 saturated heterocycles. The molecule has 2 atom stereocenters. The van der Waals surface area contributed by atoms with Gasteiger partial charge in [0.25, 0.3) is 5.89 Å². The van der Waals surface area contributed by atoms with E-state index in [9.17, 15) is 13.6 Å². The fraction of sp³-hybridized carbons (Fsp3) is 0.464. The van der Waals surface area contributed by atoms with E-state index in [1.807, 2.05) is 43.9 Å². The van der Waals surface area contributed by atoms with Crippen LogP contribution >= 0.6 is 0 Å². The molecule has 1 unspecified atom stereocenters. The maximum Gasteiger partial charge on any atom is 0.586 e. The summed E-state index contributed by atoms with van der Waals surface area (Å²) in [6.07, 6.45) is -0.644. The number of aromatic nitrogens is 2. The van der Waals surface area contributed by atoms with E-state index < -0.39 is 17.3 Å². The van der Waals surface area contributed by atoms with Crippen LogP contribution in [0.2, 0.25) is 0 Å². The molecule has 2 heterocycles. The number of carbonyl (C=O) groups excluding carboxylic acids is 1. The smallest absolute Gasteiger partial charge is 0.444 e. The second kappa shape index (κ2) is 8.68. The Labute approximate surface area is 218 Å². The summed E-state index contributed by atoms with van der Waals surface area (Å²) >= 11 is 0. The van der Waals surface area contributed by atoms with Gasteiger partial charge in [-0.3, -0.25) is 0 Å². The third kappa shape index (κ3) is 4.68. The highest BCUT2D eigenvalue weighted by Crippen LogP contribution is 2.50. The van der Waals surface area contributed by atoms with Gasteiger partial charge in [0.15, 0.2) is 17.3 Å². The van der Waals surface area contributed by atoms with Crippen molar-refractivity contribution in [3.8, 4) is 23.0 Å². The summed E-state index contributed by atoms with van der Waals surface area (Å²) in [4.78, 5) is 19.9. The quantitative estimate of drug-likeness (QED) is 0.375. The molecule has 2 saturated carbocycles. The summed E-state index contributed by atoms with van der Waals surface area (Å²) in [5.41, 5.74) is 0.526. The van der Waals surface area contributed by atoms with Gasteiger partial charge in [-0.05, 0) is 63.8 Å². The molecule has 2 aromatic carbocycles. The highest BCUT2D eigenvalue weighted by molar-refractivity contribution is 5.70. The van der Waals surface area contributed by atoms with E-state index >= 15 is 0 Å². The van der Waals surface area contributed by atoms with Gasteiger partial charge >= 0.3 is 12.4 Å². The number of fused-ring (bicyclic) bond motifs is 1. The Bertz CT molecular complexity index is 1350. The van der Waals surface area contributed by atoms with E-state index in [-0.39, 0.29) is 35.4 Å². The average Bonchev–Trinajstić information content (AvgIpc) is 3.32. The minimum atomic E-state index is -3.71. The topological polar surface area (TPSA) is 86.9 Å². The molecule has 0 N–H and O–H groups in total. The molecule has 1 aromatic heterocycles. The van der Waals surface area contributed by atoms with Crippen LogP contribution in [0.15, 0.2) is 53.1 Å². The van der Waals surface area contributed by atoms with Crippen LogP contribution in [0, 0.1) is 0 Å². The van der Waals surface area contributed by atoms with Gasteiger partial charge in [0.1, 0.15) is 5.60 Å². The monoisotopic (exact) mass is 525 g/mol. The van der Waals surface area contributed by atoms with E-state index in [4.69, 9.17) is 9.26 Å². The lowest BCUT2D eigenvalue weighted by atomic mass is 9.67. The van der Waals surface area contributed by atoms with Crippen molar-refractivity contribution in [2.75, 3.05) is 6.54 Å². The lowest BCUT2D eigenvalue weighted by Gasteiger charge is -2.43. The summed E-state index contributed by atoms with van der Waals surface area (Å²) in [5.74, 6) is 0.771. The Morgan fingerprint density at radius 2 is 1.84 bits per heavy atom. The van der Waals surface area contributed by atoms with Crippen LogP contribution in [0.25, 0.3) is 11.5 Å². The first-order chi connectivity index (χ1) is 18.0. The van der Waals surface area contributed by atoms with Crippen LogP contribution in [0.3, 0.4) is 0 Å². The first-order valence-electron chi connectivity index (χ1n) is 12.8. The van der Waals surface area contributed by atoms with Crippen molar-refractivity contribution in [2.45, 2.75) is 75.7 Å². The van der Waals surface area contributed by atoms with Gasteiger partial charge in [0.2, 0.25) is 0 Å². The summed E-state index contributed by atoms with van der Waals surface area (Å²) in [5, 5.41) is 4.27. The molecule has 0 bridgehead atoms. The zero-order valence-electron chi connectivity index (χ0n) is 21.4. The van der Waals surface area contributed by atoms with Crippen molar-refractivity contribution in [3.63, 3.8) is 0 Å². The second-order valence-corrected chi connectivity index (χ2v) is 11.3. The predicted molar refractivity (Wildman–Crippen MR) is 132 cm³/mol. The van der Waals surface area contributed by atoms with E-state index in [0.29, 0.717) is 17.9 Å². The zero-order chi connectivity index (χ0) is 26.7. The Kier molecular flexibility index (Phi) is 5.62. The fourth-order valence-corrected chi connectivity index (χ4v) is 5.24. The van der Waals surface area contributed by atoms with E-state index in [1.54, 1.807) is 6.07 Å². The average molecular weight is 526 g/mol. The van der Waals surface area contributed by atoms with Crippen molar-refractivity contribution in [3.05, 3.63) is 59.9 Å². The van der Waals surface area contributed by atoms with Crippen LogP contribution in [0.4, 0.5) is 13.6 Å². The molecular formula is C28H29F2N3O5. The fourth-order valence-electron chi connectivity index (χ4n) is 5.24. The lowest BCUT2D eigenvalue weighted by molar-refractivity contribution is -0.286. The number of ether oxygens (including phenoxy) is 3. The number of rotatable bonds is 6. The zero-order valence-corrected chi connectivity index (χ0v) is 21.4. The van der Waals surface area contributed by atoms with Crippen LogP contribution in [-0.2, 0) is 10.2 Å². The number of amides is 1. The third-order valence-electron chi connectivity index (χ3n) is 7.35. The molecule has 2 aliphatic carbocycles. The molecule has 1 aliphatic heterocycles. The molecule has 38 heavy (non-hydrogen) atoms. The molecule has 8 nitrogen and oxygen atoms in total. The van der Waals surface area contributed by atoms with Crippen molar-refractivity contribution in [1.82, 2.24) is 15.0 Å². The molecule has 6 rings (SSSR count). The first kappa shape index (κ1) is 24.6. The maximum atomic E-state index is 13.4. The molecule has 200 valence electrons. The number of hydrogen-bond acceptors (Lipinski definition) is 7. The first-order valence-corrected chi connectivity index (χ1v) is 12.8. The van der Waals surface area contributed by atoms with Gasteiger partial charge in [-0.1, -0.05) is 41.9 Å². The van der Waals surface area contributed by atoms with E-state index in [1.165, 1.54) is 17.7 Å². The minimum absolute atomic E-state index is 0.0200. The number of benzene rings is 2. The van der Waals surface area contributed by atoms with Gasteiger partial charge in [-0.25, -0.2) is 4.79 Å². The van der Waals surface area contributed by atoms with Crippen LogP contribution in [-0.4, -0.2) is 45.6 Å². The Hall–Kier alpha value is -3.69. The molecule has 2 fully saturated rings. The normalized spacial score (nSPS) is 22.4. The van der Waals surface area contributed by atoms with Crippen molar-refractivity contribution >= 4 is 6.09 Å². The van der Waals surface area contributed by atoms with E-state index in [2.05, 4.69) is 31.7 Å². The van der Waals surface area contributed by atoms with Gasteiger partial charge in [-0.2, -0.15) is 4.98 Å². The number of carbonyl (C=O) groups is 1. The minimum Gasteiger partial charge on any atom is -0.444 e. The highest BCUT2D eigenvalue weighted by Gasteiger charge is 2.52. The van der Waals surface area contributed by atoms with Crippen LogP contribution < -0.4 is 9.47 Å². The molecule has 3 aromatic rings. The third-order valence-corrected chi connectivity index (χ3v) is 7.35. The van der Waals surface area contributed by atoms with Gasteiger partial charge < -0.3 is 23.6 Å². The molecule has 10 heteroatoms. The predicted octanol–water partition coefficient (Wildman–Crippen LogP) is 6.27. The number of alkyl halides is 2. The van der Waals surface area contributed by atoms with Crippen molar-refractivity contribution < 1.29 is 32.3 Å². The summed E-state index contributed by atoms with van der Waals surface area (Å²) in [6.45, 7) is 5.98. The molecule has 0 radical (unpaired) electrons. The summed E-state index contributed by atoms with van der Waals surface area (Å²) in [6, 6.07) is 14.5. The number of hydrogen-bond donors (Lipinski definition) is 0. The molecule has 3 aliphatic rings. The standard InChI is InChI=1S/C28H29F2N3O5/c1-26(2,3)37-25(34)33(20-15-19(20)17-8-5-4-6-9-17)16-27(12-7-13-27)24-31-23(38-32-24)18-10-11-21-22(14-18)36-28(29,30)35-21/h4-6,8-11,14,19-20H,7,12-13,15-16H2,1-3H3/t19?,20-/m0/s1. The van der Waals surface area contributed by atoms with Crippen LogP contribution in [0.5, 0.6) is 11.5 Å². The maximum absolute atomic E-state index is 13.4. The van der Waals surface area contributed by atoms with Gasteiger partial charge in [0, 0.05) is 24.1 Å². The molecule has 1 amide bonds. The Morgan fingerprint density at radius 3 is 2.53 bits per heavy atom.